The standard InChI is InChI=1S/C13H9BrFN3/c14-12-2-1-11(15)5-10(12)7-18-13-8-17-4-3-9(13)6-16/h1-5,8,18H,7H2. The summed E-state index contributed by atoms with van der Waals surface area (Å²) in [5, 5.41) is 12.0. The van der Waals surface area contributed by atoms with Gasteiger partial charge in [0.1, 0.15) is 11.9 Å². The van der Waals surface area contributed by atoms with E-state index in [-0.39, 0.29) is 5.82 Å². The molecule has 0 spiro atoms. The number of anilines is 1. The summed E-state index contributed by atoms with van der Waals surface area (Å²) >= 11 is 3.35. The molecule has 0 atom stereocenters. The predicted octanol–water partition coefficient (Wildman–Crippen LogP) is 3.47. The van der Waals surface area contributed by atoms with Gasteiger partial charge in [-0.3, -0.25) is 4.98 Å². The van der Waals surface area contributed by atoms with Crippen LogP contribution in [0.5, 0.6) is 0 Å². The number of nitrogens with one attached hydrogen (secondary N) is 1. The van der Waals surface area contributed by atoms with Crippen LogP contribution >= 0.6 is 15.9 Å². The molecule has 5 heteroatoms. The van der Waals surface area contributed by atoms with Crippen LogP contribution in [0, 0.1) is 17.1 Å². The lowest BCUT2D eigenvalue weighted by Crippen LogP contribution is -2.02. The van der Waals surface area contributed by atoms with Crippen LogP contribution in [-0.4, -0.2) is 4.98 Å². The highest BCUT2D eigenvalue weighted by Crippen LogP contribution is 2.20. The van der Waals surface area contributed by atoms with Gasteiger partial charge in [-0.2, -0.15) is 5.26 Å². The number of benzene rings is 1. The van der Waals surface area contributed by atoms with Crippen LogP contribution in [0.25, 0.3) is 0 Å². The molecule has 1 N–H and O–H groups in total. The molecule has 18 heavy (non-hydrogen) atoms. The lowest BCUT2D eigenvalue weighted by molar-refractivity contribution is 0.625. The van der Waals surface area contributed by atoms with E-state index in [1.165, 1.54) is 12.1 Å². The van der Waals surface area contributed by atoms with Gasteiger partial charge in [0.25, 0.3) is 0 Å². The maximum Gasteiger partial charge on any atom is 0.123 e. The van der Waals surface area contributed by atoms with E-state index >= 15 is 0 Å². The summed E-state index contributed by atoms with van der Waals surface area (Å²) in [5.74, 6) is -0.290. The van der Waals surface area contributed by atoms with Crippen molar-refractivity contribution in [2.24, 2.45) is 0 Å². The van der Waals surface area contributed by atoms with Crippen molar-refractivity contribution in [3.8, 4) is 6.07 Å². The van der Waals surface area contributed by atoms with Crippen molar-refractivity contribution < 1.29 is 4.39 Å². The normalized spacial score (nSPS) is 9.83. The van der Waals surface area contributed by atoms with Gasteiger partial charge in [0.15, 0.2) is 0 Å². The van der Waals surface area contributed by atoms with Gasteiger partial charge in [0.05, 0.1) is 17.4 Å². The van der Waals surface area contributed by atoms with E-state index in [1.54, 1.807) is 24.5 Å². The highest BCUT2D eigenvalue weighted by atomic mass is 79.9. The smallest absolute Gasteiger partial charge is 0.123 e. The van der Waals surface area contributed by atoms with Gasteiger partial charge < -0.3 is 5.32 Å². The summed E-state index contributed by atoms with van der Waals surface area (Å²) in [5.41, 5.74) is 1.93. The fourth-order valence-electron chi connectivity index (χ4n) is 1.50. The Hall–Kier alpha value is -1.93. The van der Waals surface area contributed by atoms with Gasteiger partial charge >= 0.3 is 0 Å². The first-order valence-corrected chi connectivity index (χ1v) is 6.02. The summed E-state index contributed by atoms with van der Waals surface area (Å²) in [6, 6.07) is 8.18. The molecule has 3 nitrogen and oxygen atoms in total. The Bertz CT molecular complexity index is 607. The molecule has 0 amide bonds. The van der Waals surface area contributed by atoms with Gasteiger partial charge in [-0.1, -0.05) is 15.9 Å². The molecule has 0 saturated carbocycles. The van der Waals surface area contributed by atoms with E-state index in [2.05, 4.69) is 32.3 Å². The van der Waals surface area contributed by atoms with E-state index in [0.29, 0.717) is 17.8 Å². The highest BCUT2D eigenvalue weighted by molar-refractivity contribution is 9.10. The fourth-order valence-corrected chi connectivity index (χ4v) is 1.89. The molecule has 0 unspecified atom stereocenters. The number of aromatic nitrogens is 1. The topological polar surface area (TPSA) is 48.7 Å². The number of nitrogens with zero attached hydrogens (tertiary/aromatic N) is 2. The Kier molecular flexibility index (Phi) is 3.90. The van der Waals surface area contributed by atoms with Crippen LogP contribution in [0.4, 0.5) is 10.1 Å². The molecule has 0 radical (unpaired) electrons. The number of rotatable bonds is 3. The zero-order valence-electron chi connectivity index (χ0n) is 9.32. The Morgan fingerprint density at radius 3 is 3.00 bits per heavy atom. The van der Waals surface area contributed by atoms with Gasteiger partial charge in [-0.15, -0.1) is 0 Å². The minimum Gasteiger partial charge on any atom is -0.379 e. The van der Waals surface area contributed by atoms with Gasteiger partial charge in [-0.05, 0) is 29.8 Å². The average Bonchev–Trinajstić information content (AvgIpc) is 2.40. The molecule has 0 fully saturated rings. The van der Waals surface area contributed by atoms with Crippen molar-refractivity contribution in [2.75, 3.05) is 5.32 Å². The van der Waals surface area contributed by atoms with E-state index in [9.17, 15) is 4.39 Å². The molecule has 1 heterocycles. The van der Waals surface area contributed by atoms with E-state index in [0.717, 1.165) is 10.0 Å². The first-order chi connectivity index (χ1) is 8.70. The van der Waals surface area contributed by atoms with Crippen LogP contribution in [-0.2, 0) is 6.54 Å². The average molecular weight is 306 g/mol. The largest absolute Gasteiger partial charge is 0.379 e. The number of hydrogen-bond donors (Lipinski definition) is 1. The monoisotopic (exact) mass is 305 g/mol. The summed E-state index contributed by atoms with van der Waals surface area (Å²) in [6.07, 6.45) is 3.13. The molecule has 1 aromatic carbocycles. The second-order valence-electron chi connectivity index (χ2n) is 3.62. The SMILES string of the molecule is N#Cc1ccncc1NCc1cc(F)ccc1Br. The molecule has 1 aromatic heterocycles. The maximum atomic E-state index is 13.1. The van der Waals surface area contributed by atoms with Crippen LogP contribution in [0.3, 0.4) is 0 Å². The molecule has 2 aromatic rings. The lowest BCUT2D eigenvalue weighted by atomic mass is 10.2. The third kappa shape index (κ3) is 2.84. The van der Waals surface area contributed by atoms with Gasteiger partial charge in [-0.25, -0.2) is 4.39 Å². The Morgan fingerprint density at radius 1 is 1.39 bits per heavy atom. The Morgan fingerprint density at radius 2 is 2.22 bits per heavy atom. The molecular weight excluding hydrogens is 297 g/mol. The van der Waals surface area contributed by atoms with E-state index in [4.69, 9.17) is 5.26 Å². The molecule has 0 aliphatic carbocycles. The fraction of sp³-hybridized carbons (Fsp3) is 0.0769. The first-order valence-electron chi connectivity index (χ1n) is 5.22. The maximum absolute atomic E-state index is 13.1. The first kappa shape index (κ1) is 12.5. The van der Waals surface area contributed by atoms with Crippen molar-refractivity contribution in [1.29, 1.82) is 5.26 Å². The van der Waals surface area contributed by atoms with E-state index < -0.39 is 0 Å². The third-order valence-corrected chi connectivity index (χ3v) is 3.19. The Labute approximate surface area is 112 Å². The van der Waals surface area contributed by atoms with Crippen LogP contribution in [0.2, 0.25) is 0 Å². The van der Waals surface area contributed by atoms with Crippen LogP contribution < -0.4 is 5.32 Å². The number of hydrogen-bond acceptors (Lipinski definition) is 3. The molecule has 0 aliphatic rings. The Balaban J connectivity index is 2.17. The van der Waals surface area contributed by atoms with Crippen molar-refractivity contribution >= 4 is 21.6 Å². The number of halogens is 2. The highest BCUT2D eigenvalue weighted by Gasteiger charge is 2.04. The molecule has 2 rings (SSSR count). The molecule has 0 aliphatic heterocycles. The predicted molar refractivity (Wildman–Crippen MR) is 70.4 cm³/mol. The van der Waals surface area contributed by atoms with Crippen LogP contribution in [0.1, 0.15) is 11.1 Å². The summed E-state index contributed by atoms with van der Waals surface area (Å²) in [4.78, 5) is 3.95. The molecule has 90 valence electrons. The zero-order valence-corrected chi connectivity index (χ0v) is 10.9. The number of nitriles is 1. The molecular formula is C13H9BrFN3. The second kappa shape index (κ2) is 5.61. The van der Waals surface area contributed by atoms with Gasteiger partial charge in [0.2, 0.25) is 0 Å². The van der Waals surface area contributed by atoms with Crippen molar-refractivity contribution in [3.05, 3.63) is 58.1 Å². The summed E-state index contributed by atoms with van der Waals surface area (Å²) < 4.78 is 13.9. The van der Waals surface area contributed by atoms with E-state index in [1.807, 2.05) is 0 Å². The van der Waals surface area contributed by atoms with Crippen molar-refractivity contribution in [1.82, 2.24) is 4.98 Å². The minimum absolute atomic E-state index is 0.290. The van der Waals surface area contributed by atoms with Crippen molar-refractivity contribution in [3.63, 3.8) is 0 Å². The molecule has 0 saturated heterocycles. The second-order valence-corrected chi connectivity index (χ2v) is 4.48. The molecule has 0 bridgehead atoms. The van der Waals surface area contributed by atoms with Crippen molar-refractivity contribution in [2.45, 2.75) is 6.54 Å². The summed E-state index contributed by atoms with van der Waals surface area (Å²) in [6.45, 7) is 0.415. The number of pyridine rings is 1. The zero-order chi connectivity index (χ0) is 13.0. The third-order valence-electron chi connectivity index (χ3n) is 2.42. The summed E-state index contributed by atoms with van der Waals surface area (Å²) in [7, 11) is 0. The lowest BCUT2D eigenvalue weighted by Gasteiger charge is -2.09. The minimum atomic E-state index is -0.290. The quantitative estimate of drug-likeness (QED) is 0.944. The van der Waals surface area contributed by atoms with Gasteiger partial charge in [0, 0.05) is 17.2 Å². The van der Waals surface area contributed by atoms with Crippen LogP contribution in [0.15, 0.2) is 41.1 Å².